The average molecular weight is 287 g/mol. The third-order valence-electron chi connectivity index (χ3n) is 3.44. The highest BCUT2D eigenvalue weighted by Gasteiger charge is 2.21. The number of anilines is 1. The lowest BCUT2D eigenvalue weighted by Crippen LogP contribution is -2.35. The number of carbonyl (C=O) groups is 1. The Morgan fingerprint density at radius 1 is 1.40 bits per heavy atom. The summed E-state index contributed by atoms with van der Waals surface area (Å²) in [6.07, 6.45) is 1.99. The second kappa shape index (κ2) is 5.73. The number of hydrogen-bond acceptors (Lipinski definition) is 4. The molecular weight excluding hydrogens is 270 g/mol. The summed E-state index contributed by atoms with van der Waals surface area (Å²) in [6, 6.07) is 7.79. The summed E-state index contributed by atoms with van der Waals surface area (Å²) in [4.78, 5) is 16.4. The van der Waals surface area contributed by atoms with Crippen LogP contribution < -0.4 is 10.6 Å². The first kappa shape index (κ1) is 13.3. The van der Waals surface area contributed by atoms with Crippen molar-refractivity contribution in [2.75, 3.05) is 11.9 Å². The number of carbonyl (C=O) groups excluding carboxylic acids is 1. The van der Waals surface area contributed by atoms with E-state index in [0.29, 0.717) is 0 Å². The maximum absolute atomic E-state index is 12.0. The van der Waals surface area contributed by atoms with E-state index in [2.05, 4.69) is 15.6 Å². The van der Waals surface area contributed by atoms with Gasteiger partial charge in [0.1, 0.15) is 0 Å². The van der Waals surface area contributed by atoms with Crippen molar-refractivity contribution in [2.45, 2.75) is 25.8 Å². The van der Waals surface area contributed by atoms with E-state index in [9.17, 15) is 4.79 Å². The molecule has 1 aliphatic rings. The number of nitrogens with zero attached hydrogens (tertiary/aromatic N) is 1. The van der Waals surface area contributed by atoms with Gasteiger partial charge in [0.25, 0.3) is 0 Å². The molecule has 0 saturated carbocycles. The van der Waals surface area contributed by atoms with E-state index in [1.165, 1.54) is 0 Å². The highest BCUT2D eigenvalue weighted by Crippen LogP contribution is 2.23. The molecular formula is C15H17N3OS. The van der Waals surface area contributed by atoms with Gasteiger partial charge in [0.2, 0.25) is 5.91 Å². The van der Waals surface area contributed by atoms with Crippen molar-refractivity contribution in [3.63, 3.8) is 0 Å². The Balaban J connectivity index is 1.68. The van der Waals surface area contributed by atoms with Gasteiger partial charge in [-0.25, -0.2) is 4.98 Å². The number of nitrogens with one attached hydrogen (secondary N) is 2. The Kier molecular flexibility index (Phi) is 3.80. The fraction of sp³-hybridized carbons (Fsp3) is 0.333. The first-order valence-corrected chi connectivity index (χ1v) is 7.67. The molecule has 0 radical (unpaired) electrons. The summed E-state index contributed by atoms with van der Waals surface area (Å²) in [6.45, 7) is 2.93. The fourth-order valence-electron chi connectivity index (χ4n) is 2.36. The molecule has 5 heteroatoms. The number of amides is 1. The van der Waals surface area contributed by atoms with Gasteiger partial charge in [-0.1, -0.05) is 12.1 Å². The van der Waals surface area contributed by atoms with E-state index < -0.39 is 0 Å². The van der Waals surface area contributed by atoms with Crippen LogP contribution in [0.15, 0.2) is 29.6 Å². The zero-order valence-electron chi connectivity index (χ0n) is 11.3. The number of aryl methyl sites for hydroxylation is 1. The minimum absolute atomic E-state index is 0.0455. The lowest BCUT2D eigenvalue weighted by Gasteiger charge is -2.11. The summed E-state index contributed by atoms with van der Waals surface area (Å²) in [5.74, 6) is 0.0553. The summed E-state index contributed by atoms with van der Waals surface area (Å²) in [5, 5.41) is 9.25. The second-order valence-electron chi connectivity index (χ2n) is 4.97. The van der Waals surface area contributed by atoms with Gasteiger partial charge in [-0.2, -0.15) is 0 Å². The monoisotopic (exact) mass is 287 g/mol. The SMILES string of the molecule is Cc1nc(-c2ccc(NC(=O)C3CCCN3)cc2)cs1. The van der Waals surface area contributed by atoms with Crippen LogP contribution in [0, 0.1) is 6.92 Å². The van der Waals surface area contributed by atoms with Gasteiger partial charge in [0.15, 0.2) is 0 Å². The largest absolute Gasteiger partial charge is 0.325 e. The standard InChI is InChI=1S/C15H17N3OS/c1-10-17-14(9-20-10)11-4-6-12(7-5-11)18-15(19)13-3-2-8-16-13/h4-7,9,13,16H,2-3,8H2,1H3,(H,18,19). The molecule has 1 atom stereocenters. The van der Waals surface area contributed by atoms with Crippen LogP contribution in [0.25, 0.3) is 11.3 Å². The third kappa shape index (κ3) is 2.89. The van der Waals surface area contributed by atoms with E-state index >= 15 is 0 Å². The molecule has 1 unspecified atom stereocenters. The average Bonchev–Trinajstić information content (AvgIpc) is 3.10. The molecule has 1 aliphatic heterocycles. The Hall–Kier alpha value is -1.72. The lowest BCUT2D eigenvalue weighted by atomic mass is 10.1. The van der Waals surface area contributed by atoms with Gasteiger partial charge in [-0.15, -0.1) is 11.3 Å². The molecule has 1 saturated heterocycles. The van der Waals surface area contributed by atoms with Crippen LogP contribution in [0.4, 0.5) is 5.69 Å². The number of aromatic nitrogens is 1. The van der Waals surface area contributed by atoms with Crippen molar-refractivity contribution in [1.29, 1.82) is 0 Å². The molecule has 2 N–H and O–H groups in total. The molecule has 1 aromatic carbocycles. The van der Waals surface area contributed by atoms with Crippen LogP contribution >= 0.6 is 11.3 Å². The van der Waals surface area contributed by atoms with Gasteiger partial charge in [-0.05, 0) is 38.4 Å². The zero-order valence-corrected chi connectivity index (χ0v) is 12.2. The Bertz CT molecular complexity index is 600. The summed E-state index contributed by atoms with van der Waals surface area (Å²) >= 11 is 1.64. The predicted octanol–water partition coefficient (Wildman–Crippen LogP) is 2.81. The molecule has 1 aromatic heterocycles. The Morgan fingerprint density at radius 2 is 2.20 bits per heavy atom. The molecule has 0 spiro atoms. The zero-order chi connectivity index (χ0) is 13.9. The lowest BCUT2D eigenvalue weighted by molar-refractivity contribution is -0.117. The van der Waals surface area contributed by atoms with E-state index in [4.69, 9.17) is 0 Å². The minimum atomic E-state index is -0.0455. The van der Waals surface area contributed by atoms with Crippen LogP contribution in [0.1, 0.15) is 17.8 Å². The smallest absolute Gasteiger partial charge is 0.241 e. The molecule has 2 aromatic rings. The molecule has 0 bridgehead atoms. The predicted molar refractivity (Wildman–Crippen MR) is 81.9 cm³/mol. The van der Waals surface area contributed by atoms with Gasteiger partial charge in [0, 0.05) is 16.6 Å². The van der Waals surface area contributed by atoms with E-state index in [-0.39, 0.29) is 11.9 Å². The van der Waals surface area contributed by atoms with Crippen LogP contribution in [0.3, 0.4) is 0 Å². The van der Waals surface area contributed by atoms with Crippen molar-refractivity contribution in [1.82, 2.24) is 10.3 Å². The van der Waals surface area contributed by atoms with Gasteiger partial charge in [-0.3, -0.25) is 4.79 Å². The normalized spacial score (nSPS) is 18.1. The van der Waals surface area contributed by atoms with E-state index in [1.54, 1.807) is 11.3 Å². The molecule has 4 nitrogen and oxygen atoms in total. The first-order chi connectivity index (χ1) is 9.72. The fourth-order valence-corrected chi connectivity index (χ4v) is 2.98. The van der Waals surface area contributed by atoms with E-state index in [0.717, 1.165) is 41.3 Å². The maximum Gasteiger partial charge on any atom is 0.241 e. The van der Waals surface area contributed by atoms with Gasteiger partial charge >= 0.3 is 0 Å². The Labute approximate surface area is 122 Å². The van der Waals surface area contributed by atoms with Gasteiger partial charge < -0.3 is 10.6 Å². The van der Waals surface area contributed by atoms with Crippen LogP contribution in [0.2, 0.25) is 0 Å². The first-order valence-electron chi connectivity index (χ1n) is 6.79. The highest BCUT2D eigenvalue weighted by molar-refractivity contribution is 7.09. The number of thiazole rings is 1. The Morgan fingerprint density at radius 3 is 2.80 bits per heavy atom. The van der Waals surface area contributed by atoms with Crippen LogP contribution in [-0.4, -0.2) is 23.5 Å². The quantitative estimate of drug-likeness (QED) is 0.912. The summed E-state index contributed by atoms with van der Waals surface area (Å²) < 4.78 is 0. The molecule has 1 fully saturated rings. The van der Waals surface area contributed by atoms with Crippen molar-refractivity contribution < 1.29 is 4.79 Å². The number of rotatable bonds is 3. The maximum atomic E-state index is 12.0. The van der Waals surface area contributed by atoms with Crippen molar-refractivity contribution >= 4 is 22.9 Å². The molecule has 0 aliphatic carbocycles. The molecule has 3 rings (SSSR count). The summed E-state index contributed by atoms with van der Waals surface area (Å²) in [7, 11) is 0. The number of benzene rings is 1. The van der Waals surface area contributed by atoms with Crippen molar-refractivity contribution in [2.24, 2.45) is 0 Å². The summed E-state index contributed by atoms with van der Waals surface area (Å²) in [5.41, 5.74) is 2.90. The highest BCUT2D eigenvalue weighted by atomic mass is 32.1. The molecule has 1 amide bonds. The topological polar surface area (TPSA) is 54.0 Å². The van der Waals surface area contributed by atoms with Crippen LogP contribution in [0.5, 0.6) is 0 Å². The van der Waals surface area contributed by atoms with E-state index in [1.807, 2.05) is 36.6 Å². The molecule has 20 heavy (non-hydrogen) atoms. The third-order valence-corrected chi connectivity index (χ3v) is 4.22. The minimum Gasteiger partial charge on any atom is -0.325 e. The van der Waals surface area contributed by atoms with Gasteiger partial charge in [0.05, 0.1) is 16.7 Å². The van der Waals surface area contributed by atoms with Crippen molar-refractivity contribution in [3.8, 4) is 11.3 Å². The van der Waals surface area contributed by atoms with Crippen molar-refractivity contribution in [3.05, 3.63) is 34.7 Å². The molecule has 2 heterocycles. The molecule has 104 valence electrons. The number of hydrogen-bond donors (Lipinski definition) is 2. The second-order valence-corrected chi connectivity index (χ2v) is 6.03. The van der Waals surface area contributed by atoms with Crippen LogP contribution in [-0.2, 0) is 4.79 Å².